The Balaban J connectivity index is 1.78. The Morgan fingerprint density at radius 2 is 2.19 bits per heavy atom. The summed E-state index contributed by atoms with van der Waals surface area (Å²) in [7, 11) is 0. The van der Waals surface area contributed by atoms with Crippen LogP contribution in [0.3, 0.4) is 0 Å². The van der Waals surface area contributed by atoms with Crippen LogP contribution in [-0.2, 0) is 11.2 Å². The van der Waals surface area contributed by atoms with Crippen molar-refractivity contribution in [2.75, 3.05) is 0 Å². The Kier molecular flexibility index (Phi) is 3.25. The molecule has 3 heteroatoms. The van der Waals surface area contributed by atoms with E-state index in [9.17, 15) is 4.79 Å². The van der Waals surface area contributed by atoms with Crippen molar-refractivity contribution in [3.05, 3.63) is 35.4 Å². The molecule has 1 saturated carbocycles. The van der Waals surface area contributed by atoms with Crippen molar-refractivity contribution in [3.63, 3.8) is 0 Å². The lowest BCUT2D eigenvalue weighted by Crippen LogP contribution is -2.29. The van der Waals surface area contributed by atoms with Gasteiger partial charge in [0.2, 0.25) is 5.91 Å². The molecular weight excluding hydrogens is 200 g/mol. The first-order valence-corrected chi connectivity index (χ1v) is 5.76. The van der Waals surface area contributed by atoms with E-state index in [1.54, 1.807) is 0 Å². The van der Waals surface area contributed by atoms with Crippen molar-refractivity contribution in [3.8, 4) is 0 Å². The maximum atomic E-state index is 11.6. The summed E-state index contributed by atoms with van der Waals surface area (Å²) >= 11 is 0. The second kappa shape index (κ2) is 4.66. The molecule has 1 aliphatic rings. The molecule has 0 aromatic heterocycles. The Labute approximate surface area is 96.0 Å². The zero-order chi connectivity index (χ0) is 11.5. The van der Waals surface area contributed by atoms with Gasteiger partial charge in [0.15, 0.2) is 0 Å². The molecule has 3 nitrogen and oxygen atoms in total. The molecule has 0 spiro atoms. The van der Waals surface area contributed by atoms with Gasteiger partial charge >= 0.3 is 0 Å². The SMILES string of the molecule is Cc1ccccc1CCC(=O)NC1CC1N. The van der Waals surface area contributed by atoms with Crippen LogP contribution in [0.1, 0.15) is 24.0 Å². The molecule has 2 atom stereocenters. The first-order chi connectivity index (χ1) is 7.66. The van der Waals surface area contributed by atoms with Gasteiger partial charge in [0.25, 0.3) is 0 Å². The average molecular weight is 218 g/mol. The van der Waals surface area contributed by atoms with Crippen LogP contribution >= 0.6 is 0 Å². The van der Waals surface area contributed by atoms with Gasteiger partial charge in [0.05, 0.1) is 0 Å². The van der Waals surface area contributed by atoms with E-state index in [1.165, 1.54) is 11.1 Å². The van der Waals surface area contributed by atoms with Gasteiger partial charge in [-0.25, -0.2) is 0 Å². The highest BCUT2D eigenvalue weighted by Crippen LogP contribution is 2.18. The predicted octanol–water partition coefficient (Wildman–Crippen LogP) is 1.14. The Morgan fingerprint density at radius 1 is 1.50 bits per heavy atom. The molecule has 0 radical (unpaired) electrons. The highest BCUT2D eigenvalue weighted by Gasteiger charge is 2.34. The minimum atomic E-state index is 0.112. The van der Waals surface area contributed by atoms with Crippen LogP contribution in [0.25, 0.3) is 0 Å². The lowest BCUT2D eigenvalue weighted by molar-refractivity contribution is -0.121. The summed E-state index contributed by atoms with van der Waals surface area (Å²) in [6.45, 7) is 2.07. The third-order valence-corrected chi connectivity index (χ3v) is 3.07. The maximum Gasteiger partial charge on any atom is 0.220 e. The Hall–Kier alpha value is -1.35. The van der Waals surface area contributed by atoms with Crippen LogP contribution < -0.4 is 11.1 Å². The zero-order valence-electron chi connectivity index (χ0n) is 9.57. The topological polar surface area (TPSA) is 55.1 Å². The van der Waals surface area contributed by atoms with Crippen molar-refractivity contribution >= 4 is 5.91 Å². The molecule has 1 amide bonds. The van der Waals surface area contributed by atoms with Gasteiger partial charge in [-0.3, -0.25) is 4.79 Å². The van der Waals surface area contributed by atoms with Gasteiger partial charge in [0, 0.05) is 18.5 Å². The van der Waals surface area contributed by atoms with Crippen LogP contribution in [0.4, 0.5) is 0 Å². The summed E-state index contributed by atoms with van der Waals surface area (Å²) in [5.41, 5.74) is 8.13. The summed E-state index contributed by atoms with van der Waals surface area (Å²) in [6.07, 6.45) is 2.28. The van der Waals surface area contributed by atoms with E-state index in [4.69, 9.17) is 5.73 Å². The fourth-order valence-electron chi connectivity index (χ4n) is 1.80. The third kappa shape index (κ3) is 2.83. The number of carbonyl (C=O) groups is 1. The van der Waals surface area contributed by atoms with Gasteiger partial charge in [-0.2, -0.15) is 0 Å². The molecule has 2 unspecified atom stereocenters. The number of rotatable bonds is 4. The predicted molar refractivity (Wildman–Crippen MR) is 64.0 cm³/mol. The number of benzene rings is 1. The summed E-state index contributed by atoms with van der Waals surface area (Å²) in [5, 5.41) is 2.93. The fraction of sp³-hybridized carbons (Fsp3) is 0.462. The van der Waals surface area contributed by atoms with Crippen LogP contribution in [0.2, 0.25) is 0 Å². The van der Waals surface area contributed by atoms with E-state index >= 15 is 0 Å². The fourth-order valence-corrected chi connectivity index (χ4v) is 1.80. The molecule has 0 aliphatic heterocycles. The van der Waals surface area contributed by atoms with Crippen molar-refractivity contribution in [1.82, 2.24) is 5.32 Å². The molecule has 0 bridgehead atoms. The van der Waals surface area contributed by atoms with Crippen LogP contribution in [0.5, 0.6) is 0 Å². The molecule has 0 saturated heterocycles. The van der Waals surface area contributed by atoms with Crippen molar-refractivity contribution in [2.45, 2.75) is 38.3 Å². The molecule has 86 valence electrons. The van der Waals surface area contributed by atoms with E-state index in [1.807, 2.05) is 12.1 Å². The van der Waals surface area contributed by atoms with Gasteiger partial charge in [-0.15, -0.1) is 0 Å². The average Bonchev–Trinajstić information content (AvgIpc) is 2.93. The molecular formula is C13H18N2O. The van der Waals surface area contributed by atoms with E-state index in [2.05, 4.69) is 24.4 Å². The van der Waals surface area contributed by atoms with E-state index in [-0.39, 0.29) is 18.0 Å². The molecule has 1 fully saturated rings. The van der Waals surface area contributed by atoms with Gasteiger partial charge in [0.1, 0.15) is 0 Å². The number of amides is 1. The summed E-state index contributed by atoms with van der Waals surface area (Å²) in [6, 6.07) is 8.58. The van der Waals surface area contributed by atoms with Gasteiger partial charge < -0.3 is 11.1 Å². The maximum absolute atomic E-state index is 11.6. The van der Waals surface area contributed by atoms with E-state index in [0.717, 1.165) is 12.8 Å². The largest absolute Gasteiger partial charge is 0.352 e. The molecule has 1 aromatic rings. The summed E-state index contributed by atoms with van der Waals surface area (Å²) < 4.78 is 0. The van der Waals surface area contributed by atoms with Crippen molar-refractivity contribution in [2.24, 2.45) is 5.73 Å². The van der Waals surface area contributed by atoms with Gasteiger partial charge in [-0.1, -0.05) is 24.3 Å². The quantitative estimate of drug-likeness (QED) is 0.796. The third-order valence-electron chi connectivity index (χ3n) is 3.07. The number of hydrogen-bond donors (Lipinski definition) is 2. The first kappa shape index (κ1) is 11.1. The minimum absolute atomic E-state index is 0.112. The Morgan fingerprint density at radius 3 is 2.81 bits per heavy atom. The molecule has 1 aliphatic carbocycles. The first-order valence-electron chi connectivity index (χ1n) is 5.76. The van der Waals surface area contributed by atoms with Gasteiger partial charge in [-0.05, 0) is 30.9 Å². The number of nitrogens with two attached hydrogens (primary N) is 1. The monoisotopic (exact) mass is 218 g/mol. The van der Waals surface area contributed by atoms with Crippen molar-refractivity contribution in [1.29, 1.82) is 0 Å². The number of aryl methyl sites for hydroxylation is 2. The summed E-state index contributed by atoms with van der Waals surface area (Å²) in [5.74, 6) is 0.112. The normalized spacial score (nSPS) is 22.9. The second-order valence-electron chi connectivity index (χ2n) is 4.50. The molecule has 0 heterocycles. The molecule has 2 rings (SSSR count). The van der Waals surface area contributed by atoms with E-state index in [0.29, 0.717) is 6.42 Å². The number of nitrogens with one attached hydrogen (secondary N) is 1. The number of carbonyl (C=O) groups excluding carboxylic acids is 1. The lowest BCUT2D eigenvalue weighted by Gasteiger charge is -2.06. The zero-order valence-corrected chi connectivity index (χ0v) is 9.57. The highest BCUT2D eigenvalue weighted by molar-refractivity contribution is 5.77. The lowest BCUT2D eigenvalue weighted by atomic mass is 10.0. The highest BCUT2D eigenvalue weighted by atomic mass is 16.1. The molecule has 3 N–H and O–H groups in total. The van der Waals surface area contributed by atoms with Crippen LogP contribution in [0.15, 0.2) is 24.3 Å². The summed E-state index contributed by atoms with van der Waals surface area (Å²) in [4.78, 5) is 11.6. The smallest absolute Gasteiger partial charge is 0.220 e. The standard InChI is InChI=1S/C13H18N2O/c1-9-4-2-3-5-10(9)6-7-13(16)15-12-8-11(12)14/h2-5,11-12H,6-8,14H2,1H3,(H,15,16). The minimum Gasteiger partial charge on any atom is -0.352 e. The molecule has 1 aromatic carbocycles. The van der Waals surface area contributed by atoms with E-state index < -0.39 is 0 Å². The van der Waals surface area contributed by atoms with Crippen LogP contribution in [-0.4, -0.2) is 18.0 Å². The van der Waals surface area contributed by atoms with Crippen LogP contribution in [0, 0.1) is 6.92 Å². The van der Waals surface area contributed by atoms with Crippen molar-refractivity contribution < 1.29 is 4.79 Å². The number of hydrogen-bond acceptors (Lipinski definition) is 2. The second-order valence-corrected chi connectivity index (χ2v) is 4.50. The Bertz CT molecular complexity index is 389. The molecule has 16 heavy (non-hydrogen) atoms.